The molecule has 0 spiro atoms. The average Bonchev–Trinajstić information content (AvgIpc) is 2.54. The first-order valence-electron chi connectivity index (χ1n) is 4.38. The second-order valence-corrected chi connectivity index (χ2v) is 3.20. The summed E-state index contributed by atoms with van der Waals surface area (Å²) < 4.78 is 7.07. The Balaban J connectivity index is 2.89. The van der Waals surface area contributed by atoms with Crippen molar-refractivity contribution in [1.82, 2.24) is 19.6 Å². The first-order valence-corrected chi connectivity index (χ1v) is 4.38. The molecule has 0 aromatic carbocycles. The number of aromatic nitrogens is 4. The number of hydrogen-bond donors (Lipinski definition) is 0. The average molecular weight is 192 g/mol. The molecule has 0 aliphatic heterocycles. The lowest BCUT2D eigenvalue weighted by Gasteiger charge is -2.07. The zero-order chi connectivity index (χ0) is 10.3. The number of fused-ring (bicyclic) bond motifs is 1. The molecule has 2 aromatic rings. The van der Waals surface area contributed by atoms with Crippen LogP contribution in [0, 0.1) is 20.8 Å². The van der Waals surface area contributed by atoms with Gasteiger partial charge in [-0.25, -0.2) is 0 Å². The molecular weight excluding hydrogens is 180 g/mol. The molecule has 14 heavy (non-hydrogen) atoms. The van der Waals surface area contributed by atoms with Crippen molar-refractivity contribution < 1.29 is 4.74 Å². The van der Waals surface area contributed by atoms with Crippen LogP contribution < -0.4 is 4.74 Å². The van der Waals surface area contributed by atoms with Gasteiger partial charge in [0.1, 0.15) is 11.6 Å². The van der Waals surface area contributed by atoms with Crippen molar-refractivity contribution in [3.8, 4) is 5.88 Å². The quantitative estimate of drug-likeness (QED) is 0.678. The molecule has 0 saturated heterocycles. The number of ether oxygens (including phenoxy) is 1. The summed E-state index contributed by atoms with van der Waals surface area (Å²) >= 11 is 0. The lowest BCUT2D eigenvalue weighted by Crippen LogP contribution is -2.02. The van der Waals surface area contributed by atoms with Gasteiger partial charge in [0.05, 0.1) is 12.7 Å². The third-order valence-electron chi connectivity index (χ3n) is 2.26. The molecule has 0 unspecified atom stereocenters. The van der Waals surface area contributed by atoms with E-state index in [1.807, 2.05) is 25.2 Å². The molecule has 0 radical (unpaired) electrons. The Labute approximate surface area is 81.8 Å². The van der Waals surface area contributed by atoms with Crippen LogP contribution in [-0.4, -0.2) is 26.7 Å². The minimum absolute atomic E-state index is 0.613. The summed E-state index contributed by atoms with van der Waals surface area (Å²) in [5.41, 5.74) is 1.73. The number of aryl methyl sites for hydroxylation is 3. The Morgan fingerprint density at radius 2 is 1.79 bits per heavy atom. The van der Waals surface area contributed by atoms with Crippen molar-refractivity contribution in [3.05, 3.63) is 17.2 Å². The molecule has 0 saturated carbocycles. The van der Waals surface area contributed by atoms with Crippen molar-refractivity contribution in [2.45, 2.75) is 20.8 Å². The van der Waals surface area contributed by atoms with Gasteiger partial charge in [0.15, 0.2) is 5.65 Å². The number of hydrogen-bond acceptors (Lipinski definition) is 4. The van der Waals surface area contributed by atoms with Crippen molar-refractivity contribution in [1.29, 1.82) is 0 Å². The molecule has 2 rings (SSSR count). The van der Waals surface area contributed by atoms with Gasteiger partial charge in [-0.05, 0) is 20.8 Å². The summed E-state index contributed by atoms with van der Waals surface area (Å²) in [4.78, 5) is 4.31. The van der Waals surface area contributed by atoms with Crippen molar-refractivity contribution >= 4 is 5.65 Å². The van der Waals surface area contributed by atoms with E-state index in [0.717, 1.165) is 22.9 Å². The molecule has 0 aliphatic carbocycles. The van der Waals surface area contributed by atoms with Gasteiger partial charge < -0.3 is 4.74 Å². The Bertz CT molecular complexity index is 489. The van der Waals surface area contributed by atoms with Crippen LogP contribution in [0.5, 0.6) is 5.88 Å². The zero-order valence-corrected chi connectivity index (χ0v) is 8.70. The van der Waals surface area contributed by atoms with Crippen LogP contribution in [-0.2, 0) is 0 Å². The van der Waals surface area contributed by atoms with Crippen molar-refractivity contribution in [2.24, 2.45) is 0 Å². The minimum atomic E-state index is 0.613. The smallest absolute Gasteiger partial charge is 0.221 e. The largest absolute Gasteiger partial charge is 0.481 e. The van der Waals surface area contributed by atoms with Gasteiger partial charge in [0.2, 0.25) is 5.88 Å². The number of rotatable bonds is 1. The second-order valence-electron chi connectivity index (χ2n) is 3.20. The van der Waals surface area contributed by atoms with E-state index in [9.17, 15) is 0 Å². The fourth-order valence-electron chi connectivity index (χ4n) is 1.57. The van der Waals surface area contributed by atoms with E-state index in [0.29, 0.717) is 5.88 Å². The Hall–Kier alpha value is -1.65. The maximum absolute atomic E-state index is 5.15. The third-order valence-corrected chi connectivity index (χ3v) is 2.26. The second kappa shape index (κ2) is 2.94. The highest BCUT2D eigenvalue weighted by atomic mass is 16.5. The summed E-state index contributed by atoms with van der Waals surface area (Å²) in [6, 6.07) is 0. The van der Waals surface area contributed by atoms with Crippen LogP contribution in [0.15, 0.2) is 0 Å². The highest BCUT2D eigenvalue weighted by Gasteiger charge is 2.12. The van der Waals surface area contributed by atoms with Crippen LogP contribution in [0.1, 0.15) is 17.2 Å². The monoisotopic (exact) mass is 192 g/mol. The van der Waals surface area contributed by atoms with Gasteiger partial charge in [0, 0.05) is 0 Å². The molecule has 2 aromatic heterocycles. The normalized spacial score (nSPS) is 10.9. The molecule has 0 N–H and O–H groups in total. The molecule has 5 nitrogen and oxygen atoms in total. The topological polar surface area (TPSA) is 52.3 Å². The highest BCUT2D eigenvalue weighted by Crippen LogP contribution is 2.19. The van der Waals surface area contributed by atoms with Crippen LogP contribution in [0.3, 0.4) is 0 Å². The van der Waals surface area contributed by atoms with Crippen molar-refractivity contribution in [2.75, 3.05) is 7.11 Å². The maximum Gasteiger partial charge on any atom is 0.221 e. The predicted molar refractivity (Wildman–Crippen MR) is 51.5 cm³/mol. The number of methoxy groups -OCH3 is 1. The SMILES string of the molecule is COc1nc(C)n2c(C)nnc2c1C. The molecule has 0 fully saturated rings. The molecule has 0 aliphatic rings. The van der Waals surface area contributed by atoms with Crippen LogP contribution >= 0.6 is 0 Å². The Morgan fingerprint density at radius 3 is 2.43 bits per heavy atom. The first kappa shape index (κ1) is 8.93. The minimum Gasteiger partial charge on any atom is -0.481 e. The molecule has 0 bridgehead atoms. The Kier molecular flexibility index (Phi) is 1.87. The van der Waals surface area contributed by atoms with E-state index >= 15 is 0 Å². The molecule has 0 amide bonds. The van der Waals surface area contributed by atoms with E-state index < -0.39 is 0 Å². The van der Waals surface area contributed by atoms with Gasteiger partial charge in [-0.3, -0.25) is 4.40 Å². The molecule has 5 heteroatoms. The summed E-state index contributed by atoms with van der Waals surface area (Å²) in [5.74, 6) is 2.29. The fraction of sp³-hybridized carbons (Fsp3) is 0.444. The predicted octanol–water partition coefficient (Wildman–Crippen LogP) is 1.06. The van der Waals surface area contributed by atoms with E-state index in [1.165, 1.54) is 0 Å². The van der Waals surface area contributed by atoms with Gasteiger partial charge in [-0.1, -0.05) is 0 Å². The summed E-state index contributed by atoms with van der Waals surface area (Å²) in [7, 11) is 1.61. The van der Waals surface area contributed by atoms with Gasteiger partial charge in [-0.2, -0.15) is 4.98 Å². The van der Waals surface area contributed by atoms with Crippen LogP contribution in [0.4, 0.5) is 0 Å². The van der Waals surface area contributed by atoms with E-state index in [-0.39, 0.29) is 0 Å². The lowest BCUT2D eigenvalue weighted by atomic mass is 10.3. The third kappa shape index (κ3) is 1.05. The van der Waals surface area contributed by atoms with Gasteiger partial charge >= 0.3 is 0 Å². The van der Waals surface area contributed by atoms with E-state index in [4.69, 9.17) is 4.74 Å². The highest BCUT2D eigenvalue weighted by molar-refractivity contribution is 5.51. The molecule has 74 valence electrons. The summed E-state index contributed by atoms with van der Waals surface area (Å²) in [5, 5.41) is 8.09. The Morgan fingerprint density at radius 1 is 1.07 bits per heavy atom. The lowest BCUT2D eigenvalue weighted by molar-refractivity contribution is 0.392. The standard InChI is InChI=1S/C9H12N4O/c1-5-8-12-11-7(3)13(8)6(2)10-9(5)14-4/h1-4H3. The van der Waals surface area contributed by atoms with Gasteiger partial charge in [-0.15, -0.1) is 10.2 Å². The molecular formula is C9H12N4O. The fourth-order valence-corrected chi connectivity index (χ4v) is 1.57. The van der Waals surface area contributed by atoms with E-state index in [2.05, 4.69) is 15.2 Å². The van der Waals surface area contributed by atoms with Crippen LogP contribution in [0.25, 0.3) is 5.65 Å². The number of nitrogens with zero attached hydrogens (tertiary/aromatic N) is 4. The van der Waals surface area contributed by atoms with E-state index in [1.54, 1.807) is 7.11 Å². The maximum atomic E-state index is 5.15. The van der Waals surface area contributed by atoms with Crippen molar-refractivity contribution in [3.63, 3.8) is 0 Å². The molecule has 2 heterocycles. The van der Waals surface area contributed by atoms with Gasteiger partial charge in [0.25, 0.3) is 0 Å². The molecule has 0 atom stereocenters. The summed E-state index contributed by atoms with van der Waals surface area (Å²) in [6.45, 7) is 5.74. The van der Waals surface area contributed by atoms with Crippen LogP contribution in [0.2, 0.25) is 0 Å². The summed E-state index contributed by atoms with van der Waals surface area (Å²) in [6.07, 6.45) is 0. The first-order chi connectivity index (χ1) is 6.65. The zero-order valence-electron chi connectivity index (χ0n) is 8.70.